The van der Waals surface area contributed by atoms with Crippen molar-refractivity contribution in [3.63, 3.8) is 0 Å². The first-order valence-electron chi connectivity index (χ1n) is 13.1. The van der Waals surface area contributed by atoms with Gasteiger partial charge in [0.25, 0.3) is 0 Å². The molecule has 0 unspecified atom stereocenters. The van der Waals surface area contributed by atoms with Crippen molar-refractivity contribution in [2.45, 2.75) is 51.0 Å². The SMILES string of the molecule is CCCC[C@H](C[C@H](C(=O)c1ccccc1)P(=O)(c1ccccc1)c1ccccc1)OCc1ccccc1. The third kappa shape index (κ3) is 6.74. The van der Waals surface area contributed by atoms with E-state index in [1.54, 1.807) is 0 Å². The van der Waals surface area contributed by atoms with Gasteiger partial charge in [-0.2, -0.15) is 0 Å². The van der Waals surface area contributed by atoms with Crippen molar-refractivity contribution < 1.29 is 14.1 Å². The zero-order valence-electron chi connectivity index (χ0n) is 21.4. The first-order valence-corrected chi connectivity index (χ1v) is 14.9. The van der Waals surface area contributed by atoms with E-state index in [1.165, 1.54) is 0 Å². The van der Waals surface area contributed by atoms with Crippen LogP contribution in [0.5, 0.6) is 0 Å². The van der Waals surface area contributed by atoms with Crippen molar-refractivity contribution in [2.75, 3.05) is 0 Å². The molecule has 0 aliphatic heterocycles. The molecule has 0 aliphatic carbocycles. The van der Waals surface area contributed by atoms with Gasteiger partial charge in [-0.15, -0.1) is 0 Å². The van der Waals surface area contributed by atoms with Crippen LogP contribution in [0.25, 0.3) is 0 Å². The summed E-state index contributed by atoms with van der Waals surface area (Å²) in [6.45, 7) is 2.61. The normalized spacial score (nSPS) is 13.1. The molecule has 0 aliphatic rings. The summed E-state index contributed by atoms with van der Waals surface area (Å²) in [5.74, 6) is -0.0959. The Hall–Kier alpha value is -3.26. The Kier molecular flexibility index (Phi) is 9.65. The van der Waals surface area contributed by atoms with Gasteiger partial charge in [0, 0.05) is 16.2 Å². The van der Waals surface area contributed by atoms with Crippen LogP contribution in [-0.4, -0.2) is 17.5 Å². The zero-order chi connectivity index (χ0) is 25.9. The molecule has 0 fully saturated rings. The molecule has 0 bridgehead atoms. The molecular weight excluding hydrogens is 475 g/mol. The Morgan fingerprint density at radius 2 is 1.22 bits per heavy atom. The van der Waals surface area contributed by atoms with Gasteiger partial charge in [-0.3, -0.25) is 4.79 Å². The van der Waals surface area contributed by atoms with Crippen LogP contribution < -0.4 is 10.6 Å². The average molecular weight is 511 g/mol. The fourth-order valence-electron chi connectivity index (χ4n) is 4.76. The van der Waals surface area contributed by atoms with E-state index in [0.29, 0.717) is 29.2 Å². The molecule has 3 nitrogen and oxygen atoms in total. The molecule has 4 aromatic rings. The van der Waals surface area contributed by atoms with E-state index >= 15 is 4.57 Å². The molecule has 4 rings (SSSR count). The van der Waals surface area contributed by atoms with Crippen molar-refractivity contribution in [2.24, 2.45) is 0 Å². The highest BCUT2D eigenvalue weighted by atomic mass is 31.2. The van der Waals surface area contributed by atoms with E-state index < -0.39 is 12.8 Å². The standard InChI is InChI=1S/C33H35O3P/c1-2-3-20-29(36-26-27-16-8-4-9-17-27)25-32(33(34)28-18-10-5-11-19-28)37(35,30-21-12-6-13-22-30)31-23-14-7-15-24-31/h4-19,21-24,29,32H,2-3,20,25-26H2,1H3/t29-,32-/m1/s1. The van der Waals surface area contributed by atoms with Crippen molar-refractivity contribution >= 4 is 23.5 Å². The van der Waals surface area contributed by atoms with E-state index in [4.69, 9.17) is 4.74 Å². The number of rotatable bonds is 13. The zero-order valence-corrected chi connectivity index (χ0v) is 22.3. The summed E-state index contributed by atoms with van der Waals surface area (Å²) in [6.07, 6.45) is 3.01. The Morgan fingerprint density at radius 3 is 1.73 bits per heavy atom. The fraction of sp³-hybridized carbons (Fsp3) is 0.242. The van der Waals surface area contributed by atoms with Gasteiger partial charge in [0.1, 0.15) is 0 Å². The first kappa shape index (κ1) is 26.8. The Bertz CT molecular complexity index is 1230. The van der Waals surface area contributed by atoms with Crippen LogP contribution in [0.4, 0.5) is 0 Å². The lowest BCUT2D eigenvalue weighted by atomic mass is 10.0. The molecule has 2 atom stereocenters. The van der Waals surface area contributed by atoms with Crippen molar-refractivity contribution in [3.05, 3.63) is 132 Å². The van der Waals surface area contributed by atoms with E-state index in [0.717, 1.165) is 24.8 Å². The number of carbonyl (C=O) groups is 1. The van der Waals surface area contributed by atoms with Crippen molar-refractivity contribution in [3.8, 4) is 0 Å². The molecule has 0 heterocycles. The van der Waals surface area contributed by atoms with Crippen LogP contribution in [-0.2, 0) is 15.9 Å². The molecule has 0 spiro atoms. The minimum Gasteiger partial charge on any atom is -0.374 e. The summed E-state index contributed by atoms with van der Waals surface area (Å²) in [5.41, 5.74) is 0.929. The monoisotopic (exact) mass is 510 g/mol. The van der Waals surface area contributed by atoms with Crippen molar-refractivity contribution in [1.29, 1.82) is 0 Å². The molecular formula is C33H35O3P. The second-order valence-electron chi connectivity index (χ2n) is 9.37. The third-order valence-corrected chi connectivity index (χ3v) is 10.2. The number of ether oxygens (including phenoxy) is 1. The number of benzene rings is 4. The average Bonchev–Trinajstić information content (AvgIpc) is 2.98. The highest BCUT2D eigenvalue weighted by Gasteiger charge is 2.42. The first-order chi connectivity index (χ1) is 18.1. The Balaban J connectivity index is 1.77. The molecule has 4 heteroatoms. The molecule has 0 N–H and O–H groups in total. The molecule has 37 heavy (non-hydrogen) atoms. The summed E-state index contributed by atoms with van der Waals surface area (Å²) < 4.78 is 21.8. The van der Waals surface area contributed by atoms with Gasteiger partial charge in [0.2, 0.25) is 0 Å². The summed E-state index contributed by atoms with van der Waals surface area (Å²) >= 11 is 0. The number of Topliss-reactive ketones (excluding diaryl/α,β-unsaturated/α-hetero) is 1. The van der Waals surface area contributed by atoms with Crippen LogP contribution in [0.1, 0.15) is 48.5 Å². The van der Waals surface area contributed by atoms with Crippen molar-refractivity contribution in [1.82, 2.24) is 0 Å². The number of hydrogen-bond acceptors (Lipinski definition) is 3. The van der Waals surface area contributed by atoms with E-state index in [2.05, 4.69) is 6.92 Å². The van der Waals surface area contributed by atoms with Crippen LogP contribution >= 0.6 is 7.14 Å². The van der Waals surface area contributed by atoms with Crippen LogP contribution in [0, 0.1) is 0 Å². The minimum absolute atomic E-state index is 0.0959. The van der Waals surface area contributed by atoms with E-state index in [9.17, 15) is 4.79 Å². The van der Waals surface area contributed by atoms with Gasteiger partial charge in [-0.25, -0.2) is 0 Å². The number of hydrogen-bond donors (Lipinski definition) is 0. The summed E-state index contributed by atoms with van der Waals surface area (Å²) in [6, 6.07) is 38.3. The van der Waals surface area contributed by atoms with Gasteiger partial charge in [0.15, 0.2) is 12.9 Å². The fourth-order valence-corrected chi connectivity index (χ4v) is 8.02. The van der Waals surface area contributed by atoms with Crippen LogP contribution in [0.3, 0.4) is 0 Å². The van der Waals surface area contributed by atoms with Crippen LogP contribution in [0.2, 0.25) is 0 Å². The van der Waals surface area contributed by atoms with Gasteiger partial charge in [0.05, 0.1) is 18.4 Å². The van der Waals surface area contributed by atoms with Gasteiger partial charge in [-0.1, -0.05) is 141 Å². The highest BCUT2D eigenvalue weighted by molar-refractivity contribution is 7.80. The minimum atomic E-state index is -3.37. The molecule has 0 saturated carbocycles. The predicted molar refractivity (Wildman–Crippen MR) is 153 cm³/mol. The maximum Gasteiger partial charge on any atom is 0.173 e. The number of carbonyl (C=O) groups excluding carboxylic acids is 1. The van der Waals surface area contributed by atoms with Crippen LogP contribution in [0.15, 0.2) is 121 Å². The second kappa shape index (κ2) is 13.3. The lowest BCUT2D eigenvalue weighted by Crippen LogP contribution is -2.35. The molecule has 0 saturated heterocycles. The smallest absolute Gasteiger partial charge is 0.173 e. The van der Waals surface area contributed by atoms with E-state index in [-0.39, 0.29) is 11.9 Å². The summed E-state index contributed by atoms with van der Waals surface area (Å²) in [5, 5.41) is 1.40. The summed E-state index contributed by atoms with van der Waals surface area (Å²) in [7, 11) is -3.37. The molecule has 0 aromatic heterocycles. The molecule has 0 radical (unpaired) electrons. The lowest BCUT2D eigenvalue weighted by Gasteiger charge is -2.31. The summed E-state index contributed by atoms with van der Waals surface area (Å²) in [4.78, 5) is 14.2. The maximum atomic E-state index is 15.3. The lowest BCUT2D eigenvalue weighted by molar-refractivity contribution is 0.0272. The topological polar surface area (TPSA) is 43.4 Å². The Morgan fingerprint density at radius 1 is 0.730 bits per heavy atom. The third-order valence-electron chi connectivity index (χ3n) is 6.77. The maximum absolute atomic E-state index is 15.3. The number of unbranched alkanes of at least 4 members (excludes halogenated alkanes) is 1. The van der Waals surface area contributed by atoms with E-state index in [1.807, 2.05) is 121 Å². The molecule has 4 aromatic carbocycles. The van der Waals surface area contributed by atoms with Gasteiger partial charge < -0.3 is 9.30 Å². The molecule has 0 amide bonds. The second-order valence-corrected chi connectivity index (χ2v) is 12.3. The Labute approximate surface area is 220 Å². The highest BCUT2D eigenvalue weighted by Crippen LogP contribution is 2.52. The predicted octanol–water partition coefficient (Wildman–Crippen LogP) is 7.42. The quantitative estimate of drug-likeness (QED) is 0.139. The molecule has 190 valence electrons. The largest absolute Gasteiger partial charge is 0.374 e. The van der Waals surface area contributed by atoms with Gasteiger partial charge >= 0.3 is 0 Å². The van der Waals surface area contributed by atoms with Gasteiger partial charge in [-0.05, 0) is 18.4 Å². The number of ketones is 1.